The van der Waals surface area contributed by atoms with Crippen molar-refractivity contribution < 1.29 is 62.6 Å². The average molecular weight is 784 g/mol. The van der Waals surface area contributed by atoms with Gasteiger partial charge in [-0.3, -0.25) is 24.0 Å². The molecule has 0 saturated carbocycles. The van der Waals surface area contributed by atoms with E-state index in [1.165, 1.54) is 36.0 Å². The van der Waals surface area contributed by atoms with Crippen molar-refractivity contribution in [3.8, 4) is 0 Å². The average Bonchev–Trinajstić information content (AvgIpc) is 2.92. The maximum atomic E-state index is 14.3. The molecule has 3 heterocycles. The molecule has 55 heavy (non-hydrogen) atoms. The van der Waals surface area contributed by atoms with Crippen molar-refractivity contribution in [2.45, 2.75) is 212 Å². The number of piperidine rings is 3. The van der Waals surface area contributed by atoms with Crippen LogP contribution in [0.15, 0.2) is 0 Å². The molecule has 3 rings (SSSR count). The van der Waals surface area contributed by atoms with Crippen LogP contribution in [0.5, 0.6) is 0 Å². The number of nitrogens with zero attached hydrogens (tertiary/aromatic N) is 3. The Labute approximate surface area is 325 Å². The molecular weight excluding hydrogens is 718 g/mol. The Bertz CT molecular complexity index is 1370. The van der Waals surface area contributed by atoms with E-state index >= 15 is 0 Å². The Hall–Kier alpha value is -3.34. The first-order valence-corrected chi connectivity index (χ1v) is 19.0. The summed E-state index contributed by atoms with van der Waals surface area (Å²) < 4.78 is 16.5. The molecular formula is C39H65N3O13. The lowest BCUT2D eigenvalue weighted by Crippen LogP contribution is -2.64. The number of esters is 3. The fourth-order valence-electron chi connectivity index (χ4n) is 9.33. The van der Waals surface area contributed by atoms with E-state index in [0.29, 0.717) is 25.7 Å². The van der Waals surface area contributed by atoms with E-state index in [1.54, 1.807) is 27.7 Å². The van der Waals surface area contributed by atoms with Gasteiger partial charge < -0.3 is 33.8 Å². The molecule has 3 fully saturated rings. The Morgan fingerprint density at radius 2 is 0.691 bits per heavy atom. The lowest BCUT2D eigenvalue weighted by molar-refractivity contribution is -0.294. The molecule has 0 aromatic rings. The monoisotopic (exact) mass is 783 g/mol. The summed E-state index contributed by atoms with van der Waals surface area (Å²) in [6.45, 7) is 25.6. The van der Waals surface area contributed by atoms with Crippen LogP contribution in [-0.4, -0.2) is 113 Å². The van der Waals surface area contributed by atoms with E-state index in [2.05, 4.69) is 0 Å². The molecule has 0 unspecified atom stereocenters. The fraction of sp³-hybridized carbons (Fsp3) is 0.846. The topological polar surface area (TPSA) is 188 Å². The van der Waals surface area contributed by atoms with Gasteiger partial charge in [-0.05, 0) is 83.1 Å². The molecule has 16 heteroatoms. The van der Waals surface area contributed by atoms with Crippen LogP contribution in [0, 0.1) is 0 Å². The Kier molecular flexibility index (Phi) is 13.3. The van der Waals surface area contributed by atoms with E-state index < -0.39 is 106 Å². The molecule has 0 aromatic heterocycles. The molecule has 314 valence electrons. The number of aliphatic hydroxyl groups is 1. The van der Waals surface area contributed by atoms with E-state index in [9.17, 15) is 33.9 Å². The van der Waals surface area contributed by atoms with Gasteiger partial charge in [0.1, 0.15) is 18.3 Å². The number of hydrogen-bond acceptors (Lipinski definition) is 16. The quantitative estimate of drug-likeness (QED) is 0.226. The van der Waals surface area contributed by atoms with Gasteiger partial charge in [0, 0.05) is 59.3 Å². The summed E-state index contributed by atoms with van der Waals surface area (Å²) >= 11 is 0. The van der Waals surface area contributed by atoms with Gasteiger partial charge in [-0.1, -0.05) is 0 Å². The summed E-state index contributed by atoms with van der Waals surface area (Å²) in [7, 11) is 0. The van der Waals surface area contributed by atoms with Crippen LogP contribution in [0.4, 0.5) is 0 Å². The van der Waals surface area contributed by atoms with Crippen molar-refractivity contribution in [3.05, 3.63) is 0 Å². The molecule has 1 N–H and O–H groups in total. The van der Waals surface area contributed by atoms with E-state index in [-0.39, 0.29) is 12.8 Å². The predicted octanol–water partition coefficient (Wildman–Crippen LogP) is 4.63. The summed E-state index contributed by atoms with van der Waals surface area (Å²) in [5.41, 5.74) is -7.98. The first kappa shape index (κ1) is 46.0. The van der Waals surface area contributed by atoms with E-state index in [1.807, 2.05) is 55.4 Å². The number of hydrogen-bond donors (Lipinski definition) is 1. The van der Waals surface area contributed by atoms with E-state index in [0.717, 1.165) is 0 Å². The van der Waals surface area contributed by atoms with Gasteiger partial charge >= 0.3 is 35.8 Å². The van der Waals surface area contributed by atoms with Gasteiger partial charge in [0.25, 0.3) is 0 Å². The SMILES string of the molecule is CC(=O)OC1CC(C)(C)N(OC(=O)CC(O)(CC(=O)ON2C(C)(C)CC(OC(C)=O)CC2(C)C)C(=O)ON2C(C)(C)CC(OC(C)=O)CC2(C)C)C(C)(C)C1. The molecule has 16 nitrogen and oxygen atoms in total. The zero-order chi connectivity index (χ0) is 42.3. The standard InChI is InChI=1S/C39H65N3O13/c1-24(43)50-27-16-33(4,5)40(34(6,7)17-27)53-30(46)22-39(49,32(48)55-42-37(12,13)20-29(52-26(3)45)21-38(42,14)15)23-31(47)54-41-35(8,9)18-28(51-25(2)44)19-36(41,10)11/h27-29,49H,16-23H2,1-15H3. The maximum absolute atomic E-state index is 14.3. The summed E-state index contributed by atoms with van der Waals surface area (Å²) in [6, 6.07) is 0. The molecule has 3 aliphatic rings. The minimum atomic E-state index is -2.78. The third-order valence-electron chi connectivity index (χ3n) is 10.5. The molecule has 0 amide bonds. The molecule has 3 saturated heterocycles. The predicted molar refractivity (Wildman–Crippen MR) is 197 cm³/mol. The number of carbonyl (C=O) groups excluding carboxylic acids is 6. The third kappa shape index (κ3) is 11.4. The second kappa shape index (κ2) is 15.9. The Balaban J connectivity index is 1.94. The second-order valence-electron chi connectivity index (χ2n) is 19.4. The van der Waals surface area contributed by atoms with Crippen molar-refractivity contribution in [2.24, 2.45) is 0 Å². The van der Waals surface area contributed by atoms with E-state index in [4.69, 9.17) is 28.7 Å². The van der Waals surface area contributed by atoms with Gasteiger partial charge in [0.05, 0.1) is 46.1 Å². The summed E-state index contributed by atoms with van der Waals surface area (Å²) in [5, 5.41) is 16.5. The third-order valence-corrected chi connectivity index (χ3v) is 10.5. The smallest absolute Gasteiger partial charge is 0.358 e. The fourth-order valence-corrected chi connectivity index (χ4v) is 9.33. The molecule has 0 aromatic carbocycles. The lowest BCUT2D eigenvalue weighted by atomic mass is 9.80. The summed E-state index contributed by atoms with van der Waals surface area (Å²) in [6.07, 6.45) is -1.44. The summed E-state index contributed by atoms with van der Waals surface area (Å²) in [5.74, 6) is -4.63. The highest BCUT2D eigenvalue weighted by molar-refractivity contribution is 5.90. The Morgan fingerprint density at radius 1 is 0.473 bits per heavy atom. The molecule has 3 aliphatic heterocycles. The number of hydroxylamine groups is 6. The van der Waals surface area contributed by atoms with Crippen LogP contribution in [0.2, 0.25) is 0 Å². The van der Waals surface area contributed by atoms with Gasteiger partial charge in [0.15, 0.2) is 5.60 Å². The first-order valence-electron chi connectivity index (χ1n) is 19.0. The van der Waals surface area contributed by atoms with Gasteiger partial charge in [-0.15, -0.1) is 15.2 Å². The van der Waals surface area contributed by atoms with Crippen LogP contribution < -0.4 is 0 Å². The lowest BCUT2D eigenvalue weighted by Gasteiger charge is -2.53. The highest BCUT2D eigenvalue weighted by Gasteiger charge is 2.55. The van der Waals surface area contributed by atoms with Gasteiger partial charge in [-0.2, -0.15) is 0 Å². The number of rotatable bonds is 11. The van der Waals surface area contributed by atoms with Crippen molar-refractivity contribution >= 4 is 35.8 Å². The van der Waals surface area contributed by atoms with Gasteiger partial charge in [-0.25, -0.2) is 4.79 Å². The van der Waals surface area contributed by atoms with Crippen LogP contribution in [-0.2, 0) is 57.5 Å². The van der Waals surface area contributed by atoms with Crippen molar-refractivity contribution in [3.63, 3.8) is 0 Å². The number of ether oxygens (including phenoxy) is 3. The second-order valence-corrected chi connectivity index (χ2v) is 19.4. The zero-order valence-electron chi connectivity index (χ0n) is 35.6. The zero-order valence-corrected chi connectivity index (χ0v) is 35.6. The van der Waals surface area contributed by atoms with Gasteiger partial charge in [0.2, 0.25) is 0 Å². The highest BCUT2D eigenvalue weighted by atomic mass is 16.7. The Morgan fingerprint density at radius 3 is 0.909 bits per heavy atom. The highest BCUT2D eigenvalue weighted by Crippen LogP contribution is 2.43. The van der Waals surface area contributed by atoms with Crippen LogP contribution in [0.1, 0.15) is 155 Å². The van der Waals surface area contributed by atoms with Crippen LogP contribution >= 0.6 is 0 Å². The first-order chi connectivity index (χ1) is 24.7. The number of carbonyl (C=O) groups is 6. The summed E-state index contributed by atoms with van der Waals surface area (Å²) in [4.78, 5) is 95.1. The molecule has 0 aliphatic carbocycles. The normalized spacial score (nSPS) is 24.2. The molecule has 0 spiro atoms. The minimum Gasteiger partial charge on any atom is -0.462 e. The van der Waals surface area contributed by atoms with Crippen molar-refractivity contribution in [2.75, 3.05) is 0 Å². The largest absolute Gasteiger partial charge is 0.462 e. The maximum Gasteiger partial charge on any atom is 0.358 e. The van der Waals surface area contributed by atoms with Crippen molar-refractivity contribution in [1.29, 1.82) is 0 Å². The van der Waals surface area contributed by atoms with Crippen molar-refractivity contribution in [1.82, 2.24) is 15.2 Å². The molecule has 0 bridgehead atoms. The van der Waals surface area contributed by atoms with Crippen LogP contribution in [0.25, 0.3) is 0 Å². The minimum absolute atomic E-state index is 0.284. The molecule has 0 radical (unpaired) electrons. The van der Waals surface area contributed by atoms with Crippen LogP contribution in [0.3, 0.4) is 0 Å². The molecule has 0 atom stereocenters.